The Balaban J connectivity index is 1.83. The second-order valence-corrected chi connectivity index (χ2v) is 6.25. The smallest absolute Gasteiger partial charge is 0.315 e. The van der Waals surface area contributed by atoms with Gasteiger partial charge < -0.3 is 16.4 Å². The van der Waals surface area contributed by atoms with E-state index in [1.54, 1.807) is 0 Å². The molecule has 0 aliphatic heterocycles. The summed E-state index contributed by atoms with van der Waals surface area (Å²) in [6.07, 6.45) is 9.10. The minimum absolute atomic E-state index is 0.0121. The highest BCUT2D eigenvalue weighted by atomic mass is 16.2. The van der Waals surface area contributed by atoms with E-state index >= 15 is 0 Å². The zero-order valence-electron chi connectivity index (χ0n) is 11.5. The first kappa shape index (κ1) is 13.7. The normalized spacial score (nSPS) is 33.3. The van der Waals surface area contributed by atoms with E-state index in [1.165, 1.54) is 25.7 Å². The largest absolute Gasteiger partial charge is 0.335 e. The van der Waals surface area contributed by atoms with E-state index in [-0.39, 0.29) is 11.6 Å². The fourth-order valence-corrected chi connectivity index (χ4v) is 3.23. The van der Waals surface area contributed by atoms with Crippen molar-refractivity contribution in [3.8, 4) is 0 Å². The van der Waals surface area contributed by atoms with Gasteiger partial charge in [-0.15, -0.1) is 0 Å². The second kappa shape index (κ2) is 5.91. The third-order valence-corrected chi connectivity index (χ3v) is 4.69. The molecule has 0 heterocycles. The van der Waals surface area contributed by atoms with E-state index in [0.717, 1.165) is 31.6 Å². The van der Waals surface area contributed by atoms with E-state index in [4.69, 9.17) is 5.73 Å². The van der Waals surface area contributed by atoms with Crippen LogP contribution in [0, 0.1) is 5.92 Å². The van der Waals surface area contributed by atoms with Crippen molar-refractivity contribution in [3.63, 3.8) is 0 Å². The summed E-state index contributed by atoms with van der Waals surface area (Å²) in [4.78, 5) is 12.0. The SMILES string of the molecule is CC1CCC(CN)(NC(=O)NC2CCCC2)CC1. The number of hydrogen-bond acceptors (Lipinski definition) is 2. The highest BCUT2D eigenvalue weighted by Gasteiger charge is 2.34. The summed E-state index contributed by atoms with van der Waals surface area (Å²) in [5, 5.41) is 6.25. The molecule has 2 saturated carbocycles. The molecule has 2 fully saturated rings. The number of rotatable bonds is 3. The van der Waals surface area contributed by atoms with Crippen molar-refractivity contribution >= 4 is 6.03 Å². The molecule has 4 nitrogen and oxygen atoms in total. The molecule has 4 heteroatoms. The number of hydrogen-bond donors (Lipinski definition) is 3. The molecule has 2 rings (SSSR count). The van der Waals surface area contributed by atoms with Gasteiger partial charge >= 0.3 is 6.03 Å². The zero-order valence-corrected chi connectivity index (χ0v) is 11.5. The lowest BCUT2D eigenvalue weighted by atomic mass is 9.77. The van der Waals surface area contributed by atoms with Gasteiger partial charge in [-0.25, -0.2) is 4.79 Å². The van der Waals surface area contributed by atoms with Crippen LogP contribution in [0.3, 0.4) is 0 Å². The number of nitrogens with two attached hydrogens (primary N) is 1. The summed E-state index contributed by atoms with van der Waals surface area (Å²) in [6, 6.07) is 0.365. The average molecular weight is 253 g/mol. The molecule has 0 radical (unpaired) electrons. The molecular formula is C14H27N3O. The van der Waals surface area contributed by atoms with Crippen LogP contribution in [0.5, 0.6) is 0 Å². The maximum absolute atomic E-state index is 12.0. The van der Waals surface area contributed by atoms with Crippen LogP contribution in [0.2, 0.25) is 0 Å². The van der Waals surface area contributed by atoms with Gasteiger partial charge in [-0.2, -0.15) is 0 Å². The molecule has 2 amide bonds. The van der Waals surface area contributed by atoms with Crippen LogP contribution in [-0.2, 0) is 0 Å². The third-order valence-electron chi connectivity index (χ3n) is 4.69. The molecule has 18 heavy (non-hydrogen) atoms. The van der Waals surface area contributed by atoms with Crippen LogP contribution in [0.25, 0.3) is 0 Å². The van der Waals surface area contributed by atoms with Crippen LogP contribution >= 0.6 is 0 Å². The van der Waals surface area contributed by atoms with Crippen LogP contribution in [0.15, 0.2) is 0 Å². The minimum Gasteiger partial charge on any atom is -0.335 e. The van der Waals surface area contributed by atoms with Gasteiger partial charge in [0.05, 0.1) is 5.54 Å². The van der Waals surface area contributed by atoms with E-state index in [1.807, 2.05) is 0 Å². The predicted octanol–water partition coefficient (Wildman–Crippen LogP) is 2.14. The average Bonchev–Trinajstić information content (AvgIpc) is 2.85. The van der Waals surface area contributed by atoms with Gasteiger partial charge in [-0.05, 0) is 44.4 Å². The molecule has 0 aromatic heterocycles. The topological polar surface area (TPSA) is 67.1 Å². The molecular weight excluding hydrogens is 226 g/mol. The Labute approximate surface area is 110 Å². The first-order chi connectivity index (χ1) is 8.63. The Morgan fingerprint density at radius 1 is 1.22 bits per heavy atom. The van der Waals surface area contributed by atoms with Crippen molar-refractivity contribution in [2.45, 2.75) is 69.9 Å². The quantitative estimate of drug-likeness (QED) is 0.721. The Kier molecular flexibility index (Phi) is 4.49. The number of carbonyl (C=O) groups excluding carboxylic acids is 1. The fraction of sp³-hybridized carbons (Fsp3) is 0.929. The molecule has 4 N–H and O–H groups in total. The van der Waals surface area contributed by atoms with Crippen molar-refractivity contribution in [3.05, 3.63) is 0 Å². The lowest BCUT2D eigenvalue weighted by Gasteiger charge is -2.39. The number of amides is 2. The minimum atomic E-state index is -0.158. The molecule has 2 aliphatic rings. The van der Waals surface area contributed by atoms with Gasteiger partial charge in [0.25, 0.3) is 0 Å². The van der Waals surface area contributed by atoms with E-state index < -0.39 is 0 Å². The fourth-order valence-electron chi connectivity index (χ4n) is 3.23. The monoisotopic (exact) mass is 253 g/mol. The molecule has 0 bridgehead atoms. The molecule has 0 spiro atoms. The summed E-state index contributed by atoms with van der Waals surface area (Å²) in [5.41, 5.74) is 5.74. The van der Waals surface area contributed by atoms with Gasteiger partial charge in [0.15, 0.2) is 0 Å². The van der Waals surface area contributed by atoms with Crippen molar-refractivity contribution < 1.29 is 4.79 Å². The Morgan fingerprint density at radius 3 is 2.39 bits per heavy atom. The van der Waals surface area contributed by atoms with Crippen LogP contribution in [0.1, 0.15) is 58.3 Å². The third kappa shape index (κ3) is 3.37. The Bertz CT molecular complexity index is 279. The standard InChI is InChI=1S/C14H27N3O/c1-11-6-8-14(10-15,9-7-11)17-13(18)16-12-4-2-3-5-12/h11-12H,2-10,15H2,1H3,(H2,16,17,18). The first-order valence-corrected chi connectivity index (χ1v) is 7.42. The molecule has 0 saturated heterocycles. The van der Waals surface area contributed by atoms with E-state index in [2.05, 4.69) is 17.6 Å². The maximum atomic E-state index is 12.0. The highest BCUT2D eigenvalue weighted by molar-refractivity contribution is 5.75. The first-order valence-electron chi connectivity index (χ1n) is 7.42. The zero-order chi connectivity index (χ0) is 13.0. The second-order valence-electron chi connectivity index (χ2n) is 6.25. The lowest BCUT2D eigenvalue weighted by Crippen LogP contribution is -2.58. The summed E-state index contributed by atoms with van der Waals surface area (Å²) in [6.45, 7) is 2.83. The summed E-state index contributed by atoms with van der Waals surface area (Å²) >= 11 is 0. The van der Waals surface area contributed by atoms with Crippen molar-refractivity contribution in [2.75, 3.05) is 6.54 Å². The van der Waals surface area contributed by atoms with Crippen molar-refractivity contribution in [2.24, 2.45) is 11.7 Å². The van der Waals surface area contributed by atoms with Crippen molar-refractivity contribution in [1.29, 1.82) is 0 Å². The summed E-state index contributed by atoms with van der Waals surface area (Å²) < 4.78 is 0. The van der Waals surface area contributed by atoms with E-state index in [9.17, 15) is 4.79 Å². The predicted molar refractivity (Wildman–Crippen MR) is 73.3 cm³/mol. The van der Waals surface area contributed by atoms with Gasteiger partial charge in [0, 0.05) is 12.6 Å². The maximum Gasteiger partial charge on any atom is 0.315 e. The van der Waals surface area contributed by atoms with Crippen LogP contribution in [0.4, 0.5) is 4.79 Å². The van der Waals surface area contributed by atoms with Crippen molar-refractivity contribution in [1.82, 2.24) is 10.6 Å². The molecule has 0 atom stereocenters. The van der Waals surface area contributed by atoms with E-state index in [0.29, 0.717) is 12.6 Å². The molecule has 0 unspecified atom stereocenters. The molecule has 104 valence electrons. The number of nitrogens with one attached hydrogen (secondary N) is 2. The lowest BCUT2D eigenvalue weighted by molar-refractivity contribution is 0.187. The van der Waals surface area contributed by atoms with Crippen LogP contribution in [-0.4, -0.2) is 24.2 Å². The summed E-state index contributed by atoms with van der Waals surface area (Å²) in [7, 11) is 0. The molecule has 0 aromatic carbocycles. The van der Waals surface area contributed by atoms with Gasteiger partial charge in [0.1, 0.15) is 0 Å². The summed E-state index contributed by atoms with van der Waals surface area (Å²) in [5.74, 6) is 0.768. The van der Waals surface area contributed by atoms with Crippen LogP contribution < -0.4 is 16.4 Å². The molecule has 2 aliphatic carbocycles. The molecule has 0 aromatic rings. The number of urea groups is 1. The number of carbonyl (C=O) groups is 1. The van der Waals surface area contributed by atoms with Gasteiger partial charge in [-0.3, -0.25) is 0 Å². The van der Waals surface area contributed by atoms with Gasteiger partial charge in [-0.1, -0.05) is 19.8 Å². The Morgan fingerprint density at radius 2 is 1.83 bits per heavy atom. The van der Waals surface area contributed by atoms with Gasteiger partial charge in [0.2, 0.25) is 0 Å². The Hall–Kier alpha value is -0.770. The highest BCUT2D eigenvalue weighted by Crippen LogP contribution is 2.31.